The SMILES string of the molecule is Cc1nc2ccccc2c2c(NC(=O)C3CCN(C(=O)COc4ccccc4)CC3)c3ccccc3n12. The van der Waals surface area contributed by atoms with Gasteiger partial charge < -0.3 is 15.0 Å². The van der Waals surface area contributed by atoms with Crippen LogP contribution in [-0.4, -0.2) is 45.8 Å². The van der Waals surface area contributed by atoms with Gasteiger partial charge in [0.2, 0.25) is 5.91 Å². The second kappa shape index (κ2) is 9.58. The number of fused-ring (bicyclic) bond motifs is 5. The maximum Gasteiger partial charge on any atom is 0.260 e. The summed E-state index contributed by atoms with van der Waals surface area (Å²) in [4.78, 5) is 32.7. The Morgan fingerprint density at radius 3 is 2.38 bits per heavy atom. The van der Waals surface area contributed by atoms with Crippen molar-refractivity contribution in [3.8, 4) is 5.75 Å². The number of nitrogens with one attached hydrogen (secondary N) is 1. The summed E-state index contributed by atoms with van der Waals surface area (Å²) in [5.41, 5.74) is 3.69. The molecule has 1 aliphatic heterocycles. The predicted octanol–water partition coefficient (Wildman–Crippen LogP) is 5.21. The van der Waals surface area contributed by atoms with Gasteiger partial charge in [-0.1, -0.05) is 54.6 Å². The maximum absolute atomic E-state index is 13.5. The number of aryl methyl sites for hydroxylation is 1. The first-order chi connectivity index (χ1) is 18.1. The molecule has 0 unspecified atom stereocenters. The van der Waals surface area contributed by atoms with Crippen molar-refractivity contribution in [2.45, 2.75) is 19.8 Å². The van der Waals surface area contributed by atoms with Gasteiger partial charge in [-0.15, -0.1) is 0 Å². The summed E-state index contributed by atoms with van der Waals surface area (Å²) in [6.07, 6.45) is 1.24. The van der Waals surface area contributed by atoms with E-state index in [1.165, 1.54) is 0 Å². The monoisotopic (exact) mass is 492 g/mol. The smallest absolute Gasteiger partial charge is 0.260 e. The molecule has 5 aromatic rings. The van der Waals surface area contributed by atoms with Crippen molar-refractivity contribution < 1.29 is 14.3 Å². The molecule has 2 aromatic heterocycles. The molecular weight excluding hydrogens is 464 g/mol. The van der Waals surface area contributed by atoms with Crippen molar-refractivity contribution in [1.29, 1.82) is 0 Å². The number of carbonyl (C=O) groups is 2. The zero-order valence-corrected chi connectivity index (χ0v) is 20.7. The van der Waals surface area contributed by atoms with Gasteiger partial charge in [0.15, 0.2) is 6.61 Å². The van der Waals surface area contributed by atoms with E-state index in [1.54, 1.807) is 4.90 Å². The van der Waals surface area contributed by atoms with Crippen molar-refractivity contribution in [2.75, 3.05) is 25.0 Å². The van der Waals surface area contributed by atoms with Gasteiger partial charge in [-0.05, 0) is 44.0 Å². The van der Waals surface area contributed by atoms with E-state index in [2.05, 4.69) is 15.8 Å². The number of aromatic nitrogens is 2. The first kappa shape index (κ1) is 23.0. The summed E-state index contributed by atoms with van der Waals surface area (Å²) >= 11 is 0. The zero-order chi connectivity index (χ0) is 25.4. The van der Waals surface area contributed by atoms with Crippen LogP contribution in [0.2, 0.25) is 0 Å². The largest absolute Gasteiger partial charge is 0.484 e. The Morgan fingerprint density at radius 1 is 0.919 bits per heavy atom. The van der Waals surface area contributed by atoms with Gasteiger partial charge in [0.05, 0.1) is 22.2 Å². The first-order valence-electron chi connectivity index (χ1n) is 12.6. The lowest BCUT2D eigenvalue weighted by Gasteiger charge is -2.31. The van der Waals surface area contributed by atoms with Crippen molar-refractivity contribution in [3.05, 3.63) is 84.7 Å². The van der Waals surface area contributed by atoms with Gasteiger partial charge in [0.25, 0.3) is 5.91 Å². The van der Waals surface area contributed by atoms with Crippen LogP contribution in [0.3, 0.4) is 0 Å². The van der Waals surface area contributed by atoms with E-state index >= 15 is 0 Å². The first-order valence-corrected chi connectivity index (χ1v) is 12.6. The van der Waals surface area contributed by atoms with Crippen molar-refractivity contribution in [1.82, 2.24) is 14.3 Å². The molecule has 186 valence electrons. The normalized spacial score (nSPS) is 14.4. The standard InChI is InChI=1S/C30H28N4O3/c1-20-31-25-13-7-5-11-23(25)29-28(24-12-6-8-14-26(24)34(20)29)32-30(36)21-15-17-33(18-16-21)27(35)19-37-22-9-3-2-4-10-22/h2-14,21H,15-19H2,1H3,(H,32,36). The number of anilines is 1. The summed E-state index contributed by atoms with van der Waals surface area (Å²) in [7, 11) is 0. The Hall–Kier alpha value is -4.39. The molecule has 2 amide bonds. The molecule has 1 N–H and O–H groups in total. The van der Waals surface area contributed by atoms with Crippen LogP contribution in [0.15, 0.2) is 78.9 Å². The number of amides is 2. The highest BCUT2D eigenvalue weighted by Gasteiger charge is 2.29. The number of hydrogen-bond acceptors (Lipinski definition) is 4. The minimum atomic E-state index is -0.165. The topological polar surface area (TPSA) is 75.9 Å². The number of nitrogens with zero attached hydrogens (tertiary/aromatic N) is 3. The number of para-hydroxylation sites is 3. The lowest BCUT2D eigenvalue weighted by atomic mass is 9.95. The summed E-state index contributed by atoms with van der Waals surface area (Å²) in [6, 6.07) is 25.4. The Balaban J connectivity index is 1.21. The Kier molecular flexibility index (Phi) is 5.96. The number of hydrogen-bond donors (Lipinski definition) is 1. The molecule has 0 saturated carbocycles. The minimum Gasteiger partial charge on any atom is -0.484 e. The highest BCUT2D eigenvalue weighted by molar-refractivity contribution is 6.16. The molecule has 1 saturated heterocycles. The van der Waals surface area contributed by atoms with Crippen LogP contribution >= 0.6 is 0 Å². The van der Waals surface area contributed by atoms with Gasteiger partial charge in [-0.25, -0.2) is 4.98 Å². The number of rotatable bonds is 5. The van der Waals surface area contributed by atoms with Gasteiger partial charge in [-0.3, -0.25) is 14.0 Å². The van der Waals surface area contributed by atoms with Crippen molar-refractivity contribution in [3.63, 3.8) is 0 Å². The van der Waals surface area contributed by atoms with Crippen LogP contribution in [-0.2, 0) is 9.59 Å². The molecule has 1 aliphatic rings. The number of carbonyl (C=O) groups excluding carboxylic acids is 2. The fraction of sp³-hybridized carbons (Fsp3) is 0.233. The van der Waals surface area contributed by atoms with E-state index in [9.17, 15) is 9.59 Å². The molecule has 37 heavy (non-hydrogen) atoms. The fourth-order valence-electron chi connectivity index (χ4n) is 5.32. The van der Waals surface area contributed by atoms with E-state index in [4.69, 9.17) is 9.72 Å². The third kappa shape index (κ3) is 4.27. The van der Waals surface area contributed by atoms with Gasteiger partial charge in [-0.2, -0.15) is 0 Å². The number of piperidine rings is 1. The zero-order valence-electron chi connectivity index (χ0n) is 20.7. The molecule has 7 heteroatoms. The Morgan fingerprint density at radius 2 is 1.59 bits per heavy atom. The maximum atomic E-state index is 13.5. The van der Waals surface area contributed by atoms with E-state index < -0.39 is 0 Å². The second-order valence-electron chi connectivity index (χ2n) is 9.50. The third-order valence-electron chi connectivity index (χ3n) is 7.21. The molecule has 0 atom stereocenters. The Labute approximate surface area is 214 Å². The summed E-state index contributed by atoms with van der Waals surface area (Å²) < 4.78 is 7.74. The van der Waals surface area contributed by atoms with E-state index in [0.29, 0.717) is 31.7 Å². The molecule has 0 spiro atoms. The molecule has 3 aromatic carbocycles. The summed E-state index contributed by atoms with van der Waals surface area (Å²) in [6.45, 7) is 3.08. The van der Waals surface area contributed by atoms with Crippen LogP contribution in [0.1, 0.15) is 18.7 Å². The molecule has 0 bridgehead atoms. The third-order valence-corrected chi connectivity index (χ3v) is 7.21. The van der Waals surface area contributed by atoms with Crippen molar-refractivity contribution in [2.24, 2.45) is 5.92 Å². The van der Waals surface area contributed by atoms with Crippen LogP contribution in [0.4, 0.5) is 5.69 Å². The lowest BCUT2D eigenvalue weighted by Crippen LogP contribution is -2.43. The molecular formula is C30H28N4O3. The molecule has 3 heterocycles. The average Bonchev–Trinajstić information content (AvgIpc) is 3.27. The number of benzene rings is 3. The quantitative estimate of drug-likeness (QED) is 0.366. The van der Waals surface area contributed by atoms with Crippen molar-refractivity contribution >= 4 is 44.8 Å². The van der Waals surface area contributed by atoms with Gasteiger partial charge in [0, 0.05) is 29.8 Å². The summed E-state index contributed by atoms with van der Waals surface area (Å²) in [5.74, 6) is 1.32. The number of ether oxygens (including phenoxy) is 1. The summed E-state index contributed by atoms with van der Waals surface area (Å²) in [5, 5.41) is 5.26. The molecule has 0 aliphatic carbocycles. The fourth-order valence-corrected chi connectivity index (χ4v) is 5.32. The highest BCUT2D eigenvalue weighted by Crippen LogP contribution is 2.37. The molecule has 7 nitrogen and oxygen atoms in total. The predicted molar refractivity (Wildman–Crippen MR) is 145 cm³/mol. The van der Waals surface area contributed by atoms with Crippen LogP contribution < -0.4 is 10.1 Å². The minimum absolute atomic E-state index is 0.00402. The lowest BCUT2D eigenvalue weighted by molar-refractivity contribution is -0.136. The van der Waals surface area contributed by atoms with Crippen LogP contribution in [0, 0.1) is 12.8 Å². The highest BCUT2D eigenvalue weighted by atomic mass is 16.5. The van der Waals surface area contributed by atoms with Gasteiger partial charge >= 0.3 is 0 Å². The molecule has 1 fully saturated rings. The van der Waals surface area contributed by atoms with Crippen LogP contribution in [0.5, 0.6) is 5.75 Å². The van der Waals surface area contributed by atoms with Crippen LogP contribution in [0.25, 0.3) is 27.3 Å². The van der Waals surface area contributed by atoms with E-state index in [1.807, 2.05) is 79.7 Å². The number of likely N-dealkylation sites (tertiary alicyclic amines) is 1. The average molecular weight is 493 g/mol. The van der Waals surface area contributed by atoms with Gasteiger partial charge in [0.1, 0.15) is 11.6 Å². The molecule has 6 rings (SSSR count). The second-order valence-corrected chi connectivity index (χ2v) is 9.50. The Bertz CT molecular complexity index is 1620. The van der Waals surface area contributed by atoms with E-state index in [-0.39, 0.29) is 24.3 Å². The van der Waals surface area contributed by atoms with E-state index in [0.717, 1.165) is 38.8 Å². The molecule has 0 radical (unpaired) electrons.